The van der Waals surface area contributed by atoms with E-state index in [1.807, 2.05) is 13.8 Å². The van der Waals surface area contributed by atoms with E-state index in [-0.39, 0.29) is 30.1 Å². The van der Waals surface area contributed by atoms with E-state index in [1.54, 1.807) is 6.92 Å². The first-order chi connectivity index (χ1) is 9.95. The maximum Gasteiger partial charge on any atom is 0.268 e. The van der Waals surface area contributed by atoms with Gasteiger partial charge in [-0.2, -0.15) is 0 Å². The fourth-order valence-corrected chi connectivity index (χ4v) is 3.17. The highest BCUT2D eigenvalue weighted by atomic mass is 35.5. The van der Waals surface area contributed by atoms with Gasteiger partial charge in [0.05, 0.1) is 0 Å². The van der Waals surface area contributed by atoms with Crippen LogP contribution in [0.3, 0.4) is 0 Å². The second-order valence-corrected chi connectivity index (χ2v) is 5.94. The van der Waals surface area contributed by atoms with E-state index in [1.165, 1.54) is 0 Å². The van der Waals surface area contributed by atoms with Crippen LogP contribution < -0.4 is 10.6 Å². The van der Waals surface area contributed by atoms with Crippen LogP contribution in [0, 0.1) is 12.8 Å². The van der Waals surface area contributed by atoms with Gasteiger partial charge in [0, 0.05) is 17.3 Å². The molecule has 124 valence electrons. The molecule has 1 amide bonds. The Morgan fingerprint density at radius 2 is 2.05 bits per heavy atom. The highest BCUT2D eigenvalue weighted by Gasteiger charge is 2.26. The van der Waals surface area contributed by atoms with Gasteiger partial charge in [-0.1, -0.05) is 13.8 Å². The predicted molar refractivity (Wildman–Crippen MR) is 90.1 cm³/mol. The summed E-state index contributed by atoms with van der Waals surface area (Å²) in [5, 5.41) is 6.44. The zero-order valence-corrected chi connectivity index (χ0v) is 14.5. The van der Waals surface area contributed by atoms with Crippen LogP contribution in [0.5, 0.6) is 0 Å². The number of piperidine rings is 1. The minimum atomic E-state index is -0.0961. The Bertz CT molecular complexity index is 554. The number of halogens is 1. The third kappa shape index (κ3) is 3.70. The Morgan fingerprint density at radius 1 is 1.36 bits per heavy atom. The molecule has 6 heteroatoms. The third-order valence-corrected chi connectivity index (χ3v) is 4.33. The predicted octanol–water partition coefficient (Wildman–Crippen LogP) is 2.24. The zero-order valence-electron chi connectivity index (χ0n) is 13.7. The average Bonchev–Trinajstić information content (AvgIpc) is 2.78. The van der Waals surface area contributed by atoms with Gasteiger partial charge in [-0.05, 0) is 51.3 Å². The number of nitrogens with one attached hydrogen (secondary N) is 3. The van der Waals surface area contributed by atoms with Gasteiger partial charge in [-0.25, -0.2) is 0 Å². The number of aromatic amines is 1. The van der Waals surface area contributed by atoms with Gasteiger partial charge in [0.1, 0.15) is 5.69 Å². The summed E-state index contributed by atoms with van der Waals surface area (Å²) in [5.41, 5.74) is 2.83. The van der Waals surface area contributed by atoms with Crippen LogP contribution >= 0.6 is 12.4 Å². The van der Waals surface area contributed by atoms with Crippen molar-refractivity contribution in [2.24, 2.45) is 5.92 Å². The summed E-state index contributed by atoms with van der Waals surface area (Å²) in [7, 11) is 0. The summed E-state index contributed by atoms with van der Waals surface area (Å²) >= 11 is 0. The molecule has 1 aliphatic rings. The second-order valence-electron chi connectivity index (χ2n) is 5.94. The second kappa shape index (κ2) is 7.79. The van der Waals surface area contributed by atoms with Crippen molar-refractivity contribution in [2.45, 2.75) is 46.6 Å². The van der Waals surface area contributed by atoms with Gasteiger partial charge in [-0.3, -0.25) is 9.59 Å². The summed E-state index contributed by atoms with van der Waals surface area (Å²) in [6, 6.07) is 0.188. The fourth-order valence-electron chi connectivity index (χ4n) is 3.17. The van der Waals surface area contributed by atoms with Crippen LogP contribution in [0.15, 0.2) is 0 Å². The van der Waals surface area contributed by atoms with E-state index < -0.39 is 0 Å². The number of carbonyl (C=O) groups is 2. The smallest absolute Gasteiger partial charge is 0.268 e. The van der Waals surface area contributed by atoms with Crippen LogP contribution in [0.1, 0.15) is 59.3 Å². The van der Waals surface area contributed by atoms with Gasteiger partial charge in [0.2, 0.25) is 0 Å². The molecule has 0 spiro atoms. The number of ketones is 1. The Kier molecular flexibility index (Phi) is 6.63. The zero-order chi connectivity index (χ0) is 15.6. The molecule has 1 fully saturated rings. The minimum absolute atomic E-state index is 0. The summed E-state index contributed by atoms with van der Waals surface area (Å²) in [5.74, 6) is 0.326. The molecule has 0 bridgehead atoms. The van der Waals surface area contributed by atoms with Crippen LogP contribution in [0.4, 0.5) is 0 Å². The lowest BCUT2D eigenvalue weighted by molar-refractivity contribution is 0.0908. The lowest BCUT2D eigenvalue weighted by atomic mass is 9.95. The fraction of sp³-hybridized carbons (Fsp3) is 0.625. The van der Waals surface area contributed by atoms with E-state index >= 15 is 0 Å². The highest BCUT2D eigenvalue weighted by molar-refractivity contribution is 6.02. The lowest BCUT2D eigenvalue weighted by Crippen LogP contribution is -2.48. The van der Waals surface area contributed by atoms with Gasteiger partial charge >= 0.3 is 0 Å². The lowest BCUT2D eigenvalue weighted by Gasteiger charge is -2.30. The topological polar surface area (TPSA) is 74.0 Å². The minimum Gasteiger partial charge on any atom is -0.354 e. The summed E-state index contributed by atoms with van der Waals surface area (Å²) in [6.07, 6.45) is 1.61. The quantitative estimate of drug-likeness (QED) is 0.742. The summed E-state index contributed by atoms with van der Waals surface area (Å²) in [6.45, 7) is 9.36. The summed E-state index contributed by atoms with van der Waals surface area (Å²) in [4.78, 5) is 27.4. The largest absolute Gasteiger partial charge is 0.354 e. The first kappa shape index (κ1) is 18.7. The standard InChI is InChI=1S/C16H25N3O2.ClH/c1-5-12-14(11(4)20)10(3)18-15(12)16(21)19-13-6-7-17-8-9(13)2;/h9,13,17-18H,5-8H2,1-4H3,(H,19,21);1H. The number of rotatable bonds is 4. The molecule has 0 aliphatic carbocycles. The third-order valence-electron chi connectivity index (χ3n) is 4.33. The maximum absolute atomic E-state index is 12.6. The molecule has 0 radical (unpaired) electrons. The normalized spacial score (nSPS) is 21.1. The number of carbonyl (C=O) groups excluding carboxylic acids is 2. The number of H-pyrrole nitrogens is 1. The number of aromatic nitrogens is 1. The number of Topliss-reactive ketones (excluding diaryl/α,β-unsaturated/α-hetero) is 1. The van der Waals surface area contributed by atoms with E-state index in [9.17, 15) is 9.59 Å². The van der Waals surface area contributed by atoms with Crippen molar-refractivity contribution < 1.29 is 9.59 Å². The van der Waals surface area contributed by atoms with Crippen LogP contribution in [0.25, 0.3) is 0 Å². The SMILES string of the molecule is CCc1c(C(=O)NC2CCNCC2C)[nH]c(C)c1C(C)=O.Cl. The molecule has 2 rings (SSSR count). The van der Waals surface area contributed by atoms with Crippen LogP contribution in [0.2, 0.25) is 0 Å². The van der Waals surface area contributed by atoms with E-state index in [4.69, 9.17) is 0 Å². The molecule has 1 aliphatic heterocycles. The molecule has 1 aromatic rings. The molecule has 1 saturated heterocycles. The van der Waals surface area contributed by atoms with Crippen molar-refractivity contribution in [2.75, 3.05) is 13.1 Å². The molecule has 22 heavy (non-hydrogen) atoms. The Labute approximate surface area is 138 Å². The number of hydrogen-bond donors (Lipinski definition) is 3. The first-order valence-corrected chi connectivity index (χ1v) is 7.69. The molecule has 2 heterocycles. The van der Waals surface area contributed by atoms with Crippen molar-refractivity contribution in [1.29, 1.82) is 0 Å². The van der Waals surface area contributed by atoms with Crippen molar-refractivity contribution in [3.05, 3.63) is 22.5 Å². The number of amides is 1. The van der Waals surface area contributed by atoms with Crippen molar-refractivity contribution in [3.8, 4) is 0 Å². The molecule has 2 atom stereocenters. The van der Waals surface area contributed by atoms with Crippen LogP contribution in [-0.2, 0) is 6.42 Å². The Hall–Kier alpha value is -1.33. The highest BCUT2D eigenvalue weighted by Crippen LogP contribution is 2.21. The van der Waals surface area contributed by atoms with E-state index in [0.29, 0.717) is 23.6 Å². The molecule has 2 unspecified atom stereocenters. The Balaban J connectivity index is 0.00000242. The Morgan fingerprint density at radius 3 is 2.59 bits per heavy atom. The van der Waals surface area contributed by atoms with Crippen molar-refractivity contribution in [1.82, 2.24) is 15.6 Å². The molecule has 0 saturated carbocycles. The van der Waals surface area contributed by atoms with Crippen LogP contribution in [-0.4, -0.2) is 35.8 Å². The monoisotopic (exact) mass is 327 g/mol. The van der Waals surface area contributed by atoms with Gasteiger partial charge in [-0.15, -0.1) is 12.4 Å². The van der Waals surface area contributed by atoms with Gasteiger partial charge < -0.3 is 15.6 Å². The van der Waals surface area contributed by atoms with E-state index in [0.717, 1.165) is 30.8 Å². The van der Waals surface area contributed by atoms with Gasteiger partial charge in [0.25, 0.3) is 5.91 Å². The summed E-state index contributed by atoms with van der Waals surface area (Å²) < 4.78 is 0. The van der Waals surface area contributed by atoms with E-state index in [2.05, 4.69) is 22.5 Å². The molecule has 3 N–H and O–H groups in total. The average molecular weight is 328 g/mol. The first-order valence-electron chi connectivity index (χ1n) is 7.69. The molecule has 0 aromatic carbocycles. The van der Waals surface area contributed by atoms with Crippen molar-refractivity contribution >= 4 is 24.1 Å². The molecule has 5 nitrogen and oxygen atoms in total. The van der Waals surface area contributed by atoms with Gasteiger partial charge in [0.15, 0.2) is 5.78 Å². The molecular weight excluding hydrogens is 302 g/mol. The number of aryl methyl sites for hydroxylation is 1. The molecular formula is C16H26ClN3O2. The van der Waals surface area contributed by atoms with Crippen molar-refractivity contribution in [3.63, 3.8) is 0 Å². The number of hydrogen-bond acceptors (Lipinski definition) is 3. The molecule has 1 aromatic heterocycles. The maximum atomic E-state index is 12.6.